The van der Waals surface area contributed by atoms with Crippen molar-refractivity contribution in [2.45, 2.75) is 71.6 Å². The molecule has 0 aromatic heterocycles. The van der Waals surface area contributed by atoms with Crippen LogP contribution in [0.2, 0.25) is 0 Å². The van der Waals surface area contributed by atoms with Crippen molar-refractivity contribution in [2.24, 2.45) is 5.41 Å². The maximum atomic E-state index is 15.3. The van der Waals surface area contributed by atoms with E-state index in [1.165, 1.54) is 27.8 Å². The molecule has 0 saturated heterocycles. The third-order valence-electron chi connectivity index (χ3n) is 6.51. The molecule has 1 rings (SSSR count). The first-order valence-corrected chi connectivity index (χ1v) is 14.3. The summed E-state index contributed by atoms with van der Waals surface area (Å²) >= 11 is 0. The minimum atomic E-state index is -4.45. The quantitative estimate of drug-likeness (QED) is 0.232. The van der Waals surface area contributed by atoms with E-state index in [2.05, 4.69) is 15.6 Å². The van der Waals surface area contributed by atoms with E-state index in [1.807, 2.05) is 0 Å². The van der Waals surface area contributed by atoms with E-state index in [4.69, 9.17) is 4.74 Å². The zero-order chi connectivity index (χ0) is 29.2. The fourth-order valence-electron chi connectivity index (χ4n) is 3.84. The smallest absolute Gasteiger partial charge is 0.321 e. The number of alkyl halides is 2. The first kappa shape index (κ1) is 33.4. The second-order valence-corrected chi connectivity index (χ2v) is 12.0. The molecule has 0 aliphatic rings. The van der Waals surface area contributed by atoms with Crippen molar-refractivity contribution >= 4 is 27.7 Å². The molecule has 0 heterocycles. The lowest BCUT2D eigenvalue weighted by Gasteiger charge is -2.37. The molecule has 1 atom stereocenters. The lowest BCUT2D eigenvalue weighted by molar-refractivity contribution is -0.143. The highest BCUT2D eigenvalue weighted by molar-refractivity contribution is 7.92. The molecule has 1 aromatic rings. The van der Waals surface area contributed by atoms with Crippen LogP contribution >= 0.6 is 0 Å². The largest absolute Gasteiger partial charge is 0.466 e. The Morgan fingerprint density at radius 3 is 2.16 bits per heavy atom. The maximum Gasteiger partial charge on any atom is 0.321 e. The third kappa shape index (κ3) is 9.61. The number of esters is 2. The Balaban J connectivity index is 3.18. The number of hydrogen-bond donors (Lipinski definition) is 2. The van der Waals surface area contributed by atoms with Gasteiger partial charge in [0.05, 0.1) is 18.6 Å². The van der Waals surface area contributed by atoms with Crippen molar-refractivity contribution in [1.29, 1.82) is 0 Å². The number of carbonyl (C=O) groups excluding carboxylic acids is 3. The highest BCUT2D eigenvalue weighted by Crippen LogP contribution is 2.44. The highest BCUT2D eigenvalue weighted by atomic mass is 32.2. The number of carbonyl (C=O) groups is 3. The minimum Gasteiger partial charge on any atom is -0.466 e. The van der Waals surface area contributed by atoms with Gasteiger partial charge in [-0.3, -0.25) is 19.8 Å². The predicted molar refractivity (Wildman–Crippen MR) is 139 cm³/mol. The molecule has 0 saturated carbocycles. The Hall–Kier alpha value is -2.60. The van der Waals surface area contributed by atoms with Gasteiger partial charge in [-0.15, -0.1) is 0 Å². The molecule has 1 amide bonds. The summed E-state index contributed by atoms with van der Waals surface area (Å²) in [6, 6.07) is 6.98. The van der Waals surface area contributed by atoms with Crippen LogP contribution in [0.25, 0.3) is 0 Å². The Morgan fingerprint density at radius 2 is 1.58 bits per heavy atom. The van der Waals surface area contributed by atoms with Crippen LogP contribution in [0.3, 0.4) is 0 Å². The summed E-state index contributed by atoms with van der Waals surface area (Å²) < 4.78 is 64.7. The lowest BCUT2D eigenvalue weighted by atomic mass is 9.71. The maximum absolute atomic E-state index is 15.3. The summed E-state index contributed by atoms with van der Waals surface area (Å²) in [6.07, 6.45) is 0.270. The minimum absolute atomic E-state index is 0.0393. The highest BCUT2D eigenvalue weighted by Gasteiger charge is 2.51. The van der Waals surface area contributed by atoms with Gasteiger partial charge < -0.3 is 9.47 Å². The average Bonchev–Trinajstić information content (AvgIpc) is 2.80. The van der Waals surface area contributed by atoms with Gasteiger partial charge in [0, 0.05) is 18.9 Å². The van der Waals surface area contributed by atoms with Crippen molar-refractivity contribution in [3.05, 3.63) is 35.4 Å². The fraction of sp³-hybridized carbons (Fsp3) is 0.654. The Labute approximate surface area is 223 Å². The van der Waals surface area contributed by atoms with Crippen LogP contribution in [-0.2, 0) is 45.5 Å². The van der Waals surface area contributed by atoms with Gasteiger partial charge in [-0.25, -0.2) is 22.6 Å². The third-order valence-corrected chi connectivity index (χ3v) is 7.99. The molecule has 9 nitrogen and oxygen atoms in total. The van der Waals surface area contributed by atoms with E-state index >= 15 is 8.78 Å². The van der Waals surface area contributed by atoms with Crippen LogP contribution in [0.4, 0.5) is 8.78 Å². The van der Waals surface area contributed by atoms with Crippen molar-refractivity contribution in [1.82, 2.24) is 10.9 Å². The first-order valence-electron chi connectivity index (χ1n) is 12.5. The number of rotatable bonds is 16. The van der Waals surface area contributed by atoms with Crippen LogP contribution in [0.1, 0.15) is 65.0 Å². The molecule has 0 aliphatic carbocycles. The summed E-state index contributed by atoms with van der Waals surface area (Å²) in [4.78, 5) is 36.4. The van der Waals surface area contributed by atoms with Gasteiger partial charge in [0.1, 0.15) is 11.5 Å². The van der Waals surface area contributed by atoms with Crippen LogP contribution in [-0.4, -0.2) is 64.0 Å². The topological polar surface area (TPSA) is 128 Å². The average molecular weight is 563 g/mol. The van der Waals surface area contributed by atoms with Crippen molar-refractivity contribution < 1.29 is 41.1 Å². The molecule has 216 valence electrons. The van der Waals surface area contributed by atoms with Crippen LogP contribution < -0.4 is 10.9 Å². The number of nitrogens with one attached hydrogen (secondary N) is 2. The molecule has 1 unspecified atom stereocenters. The van der Waals surface area contributed by atoms with E-state index in [9.17, 15) is 22.8 Å². The summed E-state index contributed by atoms with van der Waals surface area (Å²) in [7, 11) is -2.95. The second kappa shape index (κ2) is 14.0. The molecule has 0 fully saturated rings. The number of hydrogen-bond acceptors (Lipinski definition) is 8. The zero-order valence-electron chi connectivity index (χ0n) is 23.0. The number of benzene rings is 1. The van der Waals surface area contributed by atoms with Gasteiger partial charge in [-0.05, 0) is 51.2 Å². The first-order chi connectivity index (χ1) is 17.5. The van der Waals surface area contributed by atoms with Gasteiger partial charge >= 0.3 is 11.9 Å². The van der Waals surface area contributed by atoms with Crippen molar-refractivity contribution in [3.63, 3.8) is 0 Å². The standard InChI is InChI=1S/C26H40F2N2O7S/c1-7-36-21(31)13-12-19-10-9-11-20(16-19)25(5,23(33)30-29-6)15-14-24(3,4)26(27,28)18-38(34,35)17-22(32)37-8-2/h9-11,16,29H,7-8,12-15,17-18H2,1-6H3,(H,30,33). The second-order valence-electron chi connectivity index (χ2n) is 9.97. The van der Waals surface area contributed by atoms with Crippen molar-refractivity contribution in [3.8, 4) is 0 Å². The molecule has 12 heteroatoms. The fourth-order valence-corrected chi connectivity index (χ4v) is 5.33. The molecule has 0 spiro atoms. The van der Waals surface area contributed by atoms with Crippen LogP contribution in [0, 0.1) is 5.41 Å². The summed E-state index contributed by atoms with van der Waals surface area (Å²) in [6.45, 7) is 7.50. The molecule has 38 heavy (non-hydrogen) atoms. The molecular weight excluding hydrogens is 522 g/mol. The van der Waals surface area contributed by atoms with Crippen LogP contribution in [0.15, 0.2) is 24.3 Å². The normalized spacial score (nSPS) is 13.9. The number of hydrazine groups is 1. The van der Waals surface area contributed by atoms with Gasteiger partial charge in [-0.1, -0.05) is 38.1 Å². The molecule has 0 radical (unpaired) electrons. The monoisotopic (exact) mass is 562 g/mol. The zero-order valence-corrected chi connectivity index (χ0v) is 23.8. The van der Waals surface area contributed by atoms with E-state index in [-0.39, 0.29) is 38.4 Å². The van der Waals surface area contributed by atoms with Crippen molar-refractivity contribution in [2.75, 3.05) is 31.8 Å². The summed E-state index contributed by atoms with van der Waals surface area (Å²) in [5, 5.41) is 0. The molecule has 0 bridgehead atoms. The van der Waals surface area contributed by atoms with Gasteiger partial charge in [0.2, 0.25) is 5.91 Å². The number of ether oxygens (including phenoxy) is 2. The molecule has 2 N–H and O–H groups in total. The lowest BCUT2D eigenvalue weighted by Crippen LogP contribution is -2.49. The number of aryl methyl sites for hydroxylation is 1. The van der Waals surface area contributed by atoms with E-state index in [0.717, 1.165) is 5.56 Å². The summed E-state index contributed by atoms with van der Waals surface area (Å²) in [5.41, 5.74) is 3.32. The number of sulfone groups is 1. The van der Waals surface area contributed by atoms with E-state index in [0.29, 0.717) is 12.0 Å². The summed E-state index contributed by atoms with van der Waals surface area (Å²) in [5.74, 6) is -8.24. The van der Waals surface area contributed by atoms with Gasteiger partial charge in [-0.2, -0.15) is 0 Å². The van der Waals surface area contributed by atoms with Gasteiger partial charge in [0.15, 0.2) is 9.84 Å². The van der Waals surface area contributed by atoms with Gasteiger partial charge in [0.25, 0.3) is 5.92 Å². The Bertz CT molecular complexity index is 1080. The number of amides is 1. The van der Waals surface area contributed by atoms with Crippen LogP contribution in [0.5, 0.6) is 0 Å². The van der Waals surface area contributed by atoms with E-state index < -0.39 is 50.0 Å². The Kier molecular flexibility index (Phi) is 12.3. The molecule has 0 aliphatic heterocycles. The molecular formula is C26H40F2N2O7S. The van der Waals surface area contributed by atoms with E-state index in [1.54, 1.807) is 38.1 Å². The number of halogens is 2. The SMILES string of the molecule is CCOC(=O)CCc1cccc(C(C)(CCC(C)(C)C(F)(F)CS(=O)(=O)CC(=O)OCC)C(=O)NNC)c1. The molecule has 1 aromatic carbocycles. The Morgan fingerprint density at radius 1 is 0.974 bits per heavy atom. The predicted octanol–water partition coefficient (Wildman–Crippen LogP) is 3.11.